The van der Waals surface area contributed by atoms with Crippen molar-refractivity contribution < 1.29 is 8.42 Å². The van der Waals surface area contributed by atoms with Crippen molar-refractivity contribution in [1.82, 2.24) is 10.2 Å². The van der Waals surface area contributed by atoms with Crippen LogP contribution in [0.5, 0.6) is 0 Å². The van der Waals surface area contributed by atoms with E-state index in [-0.39, 0.29) is 16.5 Å². The second-order valence-corrected chi connectivity index (χ2v) is 7.36. The first-order valence-electron chi connectivity index (χ1n) is 5.91. The molecule has 0 bridgehead atoms. The van der Waals surface area contributed by atoms with Crippen molar-refractivity contribution in [2.24, 2.45) is 5.73 Å². The summed E-state index contributed by atoms with van der Waals surface area (Å²) in [6.07, 6.45) is 0. The van der Waals surface area contributed by atoms with Crippen molar-refractivity contribution in [3.8, 4) is 0 Å². The highest BCUT2D eigenvalue weighted by Crippen LogP contribution is 2.23. The van der Waals surface area contributed by atoms with Crippen molar-refractivity contribution in [2.45, 2.75) is 13.8 Å². The van der Waals surface area contributed by atoms with Gasteiger partial charge in [0, 0.05) is 13.1 Å². The zero-order chi connectivity index (χ0) is 14.2. The molecule has 19 heavy (non-hydrogen) atoms. The van der Waals surface area contributed by atoms with Crippen LogP contribution < -0.4 is 10.6 Å². The summed E-state index contributed by atoms with van der Waals surface area (Å²) >= 11 is 5.08. The first-order valence-corrected chi connectivity index (χ1v) is 8.14. The van der Waals surface area contributed by atoms with Crippen LogP contribution in [0.3, 0.4) is 0 Å². The number of rotatable bonds is 2. The Morgan fingerprint density at radius 2 is 1.84 bits per heavy atom. The third-order valence-electron chi connectivity index (χ3n) is 3.33. The Morgan fingerprint density at radius 1 is 1.26 bits per heavy atom. The quantitative estimate of drug-likeness (QED) is 0.767. The van der Waals surface area contributed by atoms with Crippen LogP contribution in [-0.2, 0) is 9.84 Å². The van der Waals surface area contributed by atoms with E-state index in [2.05, 4.69) is 10.2 Å². The van der Waals surface area contributed by atoms with Gasteiger partial charge in [0.1, 0.15) is 4.99 Å². The number of thiocarbonyl (C=S) groups is 1. The number of sulfone groups is 1. The molecule has 0 amide bonds. The number of nitrogens with zero attached hydrogens (tertiary/aromatic N) is 3. The van der Waals surface area contributed by atoms with E-state index in [9.17, 15) is 8.42 Å². The van der Waals surface area contributed by atoms with Crippen LogP contribution in [0.15, 0.2) is 0 Å². The van der Waals surface area contributed by atoms with Gasteiger partial charge < -0.3 is 10.6 Å². The molecule has 0 atom stereocenters. The lowest BCUT2D eigenvalue weighted by atomic mass is 10.1. The Hall–Kier alpha value is -1.28. The standard InChI is InChI=1S/C11H16N4O2S2/c1-7-8(2)13-14-11(9(7)10(12)18)15-3-5-19(16,17)6-4-15/h3-6H2,1-2H3,(H2,12,18). The van der Waals surface area contributed by atoms with Crippen molar-refractivity contribution in [3.63, 3.8) is 0 Å². The molecule has 8 heteroatoms. The van der Waals surface area contributed by atoms with Gasteiger partial charge in [-0.25, -0.2) is 8.42 Å². The van der Waals surface area contributed by atoms with Gasteiger partial charge in [0.05, 0.1) is 22.8 Å². The summed E-state index contributed by atoms with van der Waals surface area (Å²) in [5.74, 6) is 0.835. The minimum Gasteiger partial charge on any atom is -0.389 e. The average Bonchev–Trinajstić information content (AvgIpc) is 2.32. The Kier molecular flexibility index (Phi) is 3.73. The monoisotopic (exact) mass is 300 g/mol. The highest BCUT2D eigenvalue weighted by atomic mass is 32.2. The zero-order valence-electron chi connectivity index (χ0n) is 10.9. The molecule has 6 nitrogen and oxygen atoms in total. The Balaban J connectivity index is 2.41. The molecule has 1 aromatic heterocycles. The second-order valence-electron chi connectivity index (χ2n) is 4.61. The van der Waals surface area contributed by atoms with Gasteiger partial charge in [-0.15, -0.1) is 5.10 Å². The molecule has 0 aliphatic carbocycles. The fourth-order valence-corrected chi connectivity index (χ4v) is 3.48. The Bertz CT molecular complexity index is 614. The molecule has 2 rings (SSSR count). The maximum atomic E-state index is 11.5. The van der Waals surface area contributed by atoms with E-state index in [4.69, 9.17) is 18.0 Å². The predicted molar refractivity (Wildman–Crippen MR) is 78.3 cm³/mol. The molecule has 1 aliphatic heterocycles. The van der Waals surface area contributed by atoms with Crippen LogP contribution in [0.25, 0.3) is 0 Å². The van der Waals surface area contributed by atoms with Gasteiger partial charge in [-0.2, -0.15) is 5.10 Å². The molecular formula is C11H16N4O2S2. The summed E-state index contributed by atoms with van der Waals surface area (Å²) in [7, 11) is -2.93. The number of aromatic nitrogens is 2. The molecule has 0 radical (unpaired) electrons. The van der Waals surface area contributed by atoms with E-state index in [1.165, 1.54) is 0 Å². The predicted octanol–water partition coefficient (Wildman–Crippen LogP) is -0.0376. The Labute approximate surface area is 117 Å². The molecule has 0 saturated carbocycles. The number of anilines is 1. The minimum absolute atomic E-state index is 0.123. The lowest BCUT2D eigenvalue weighted by molar-refractivity contribution is 0.586. The van der Waals surface area contributed by atoms with Gasteiger partial charge in [-0.1, -0.05) is 12.2 Å². The van der Waals surface area contributed by atoms with Crippen LogP contribution in [0, 0.1) is 13.8 Å². The van der Waals surface area contributed by atoms with Crippen LogP contribution in [0.2, 0.25) is 0 Å². The van der Waals surface area contributed by atoms with E-state index in [0.29, 0.717) is 24.5 Å². The van der Waals surface area contributed by atoms with Gasteiger partial charge in [0.25, 0.3) is 0 Å². The fraction of sp³-hybridized carbons (Fsp3) is 0.545. The molecule has 0 unspecified atom stereocenters. The van der Waals surface area contributed by atoms with Crippen LogP contribution >= 0.6 is 12.2 Å². The second kappa shape index (κ2) is 5.01. The molecule has 0 aromatic carbocycles. The summed E-state index contributed by atoms with van der Waals surface area (Å²) in [6, 6.07) is 0. The fourth-order valence-electron chi connectivity index (χ4n) is 2.04. The van der Waals surface area contributed by atoms with E-state index in [0.717, 1.165) is 11.3 Å². The lowest BCUT2D eigenvalue weighted by Gasteiger charge is -2.29. The molecule has 1 saturated heterocycles. The van der Waals surface area contributed by atoms with Gasteiger partial charge in [-0.05, 0) is 19.4 Å². The highest BCUT2D eigenvalue weighted by Gasteiger charge is 2.26. The van der Waals surface area contributed by atoms with Crippen molar-refractivity contribution in [3.05, 3.63) is 16.8 Å². The molecule has 0 spiro atoms. The number of aryl methyl sites for hydroxylation is 1. The minimum atomic E-state index is -2.93. The third kappa shape index (κ3) is 2.84. The molecular weight excluding hydrogens is 284 g/mol. The highest BCUT2D eigenvalue weighted by molar-refractivity contribution is 7.91. The number of hydrogen-bond acceptors (Lipinski definition) is 6. The van der Waals surface area contributed by atoms with Crippen LogP contribution in [-0.4, -0.2) is 48.2 Å². The summed E-state index contributed by atoms with van der Waals surface area (Å²) < 4.78 is 22.9. The van der Waals surface area contributed by atoms with E-state index in [1.54, 1.807) is 0 Å². The Morgan fingerprint density at radius 3 is 2.37 bits per heavy atom. The van der Waals surface area contributed by atoms with E-state index in [1.807, 2.05) is 18.7 Å². The molecule has 104 valence electrons. The molecule has 2 heterocycles. The maximum absolute atomic E-state index is 11.5. The summed E-state index contributed by atoms with van der Waals surface area (Å²) in [6.45, 7) is 4.53. The maximum Gasteiger partial charge on any atom is 0.161 e. The summed E-state index contributed by atoms with van der Waals surface area (Å²) in [5, 5.41) is 8.22. The molecule has 1 aliphatic rings. The lowest BCUT2D eigenvalue weighted by Crippen LogP contribution is -2.42. The van der Waals surface area contributed by atoms with Crippen LogP contribution in [0.4, 0.5) is 5.82 Å². The van der Waals surface area contributed by atoms with Crippen LogP contribution in [0.1, 0.15) is 16.8 Å². The average molecular weight is 300 g/mol. The normalized spacial score (nSPS) is 18.3. The van der Waals surface area contributed by atoms with Gasteiger partial charge in [0.15, 0.2) is 15.7 Å². The van der Waals surface area contributed by atoms with Gasteiger partial charge >= 0.3 is 0 Å². The topological polar surface area (TPSA) is 89.2 Å². The SMILES string of the molecule is Cc1nnc(N2CCS(=O)(=O)CC2)c(C(N)=S)c1C. The van der Waals surface area contributed by atoms with Crippen molar-refractivity contribution in [2.75, 3.05) is 29.5 Å². The van der Waals surface area contributed by atoms with Crippen molar-refractivity contribution in [1.29, 1.82) is 0 Å². The van der Waals surface area contributed by atoms with Gasteiger partial charge in [-0.3, -0.25) is 0 Å². The first-order chi connectivity index (χ1) is 8.82. The zero-order valence-corrected chi connectivity index (χ0v) is 12.5. The molecule has 1 aromatic rings. The number of nitrogens with two attached hydrogens (primary N) is 1. The first kappa shape index (κ1) is 14.1. The largest absolute Gasteiger partial charge is 0.389 e. The summed E-state index contributed by atoms with van der Waals surface area (Å²) in [4.78, 5) is 2.15. The summed E-state index contributed by atoms with van der Waals surface area (Å²) in [5.41, 5.74) is 8.13. The number of hydrogen-bond donors (Lipinski definition) is 1. The van der Waals surface area contributed by atoms with E-state index >= 15 is 0 Å². The van der Waals surface area contributed by atoms with Crippen molar-refractivity contribution >= 4 is 32.9 Å². The van der Waals surface area contributed by atoms with E-state index < -0.39 is 9.84 Å². The smallest absolute Gasteiger partial charge is 0.161 e. The molecule has 1 fully saturated rings. The van der Waals surface area contributed by atoms with Gasteiger partial charge in [0.2, 0.25) is 0 Å². The third-order valence-corrected chi connectivity index (χ3v) is 5.14. The molecule has 2 N–H and O–H groups in total.